The SMILES string of the molecule is Cc1cc(NC(N)=O)ccc1N1CCN(C(=O)OC(C)(C)C)CC1. The van der Waals surface area contributed by atoms with Crippen molar-refractivity contribution in [3.8, 4) is 0 Å². The molecule has 132 valence electrons. The van der Waals surface area contributed by atoms with Gasteiger partial charge in [-0.2, -0.15) is 0 Å². The lowest BCUT2D eigenvalue weighted by molar-refractivity contribution is 0.0240. The first-order valence-corrected chi connectivity index (χ1v) is 8.06. The third kappa shape index (κ3) is 4.78. The number of ether oxygens (including phenoxy) is 1. The number of amides is 3. The van der Waals surface area contributed by atoms with Gasteiger partial charge < -0.3 is 25.6 Å². The molecule has 0 aliphatic carbocycles. The Morgan fingerprint density at radius 2 is 1.79 bits per heavy atom. The molecule has 0 spiro atoms. The number of anilines is 2. The minimum Gasteiger partial charge on any atom is -0.444 e. The third-order valence-electron chi connectivity index (χ3n) is 3.74. The van der Waals surface area contributed by atoms with Crippen LogP contribution in [0.2, 0.25) is 0 Å². The first-order valence-electron chi connectivity index (χ1n) is 8.06. The number of nitrogens with one attached hydrogen (secondary N) is 1. The van der Waals surface area contributed by atoms with Crippen LogP contribution in [-0.2, 0) is 4.74 Å². The van der Waals surface area contributed by atoms with Crippen molar-refractivity contribution in [3.63, 3.8) is 0 Å². The monoisotopic (exact) mass is 334 g/mol. The van der Waals surface area contributed by atoms with Crippen LogP contribution < -0.4 is 16.0 Å². The second-order valence-electron chi connectivity index (χ2n) is 6.94. The molecule has 1 aromatic rings. The summed E-state index contributed by atoms with van der Waals surface area (Å²) >= 11 is 0. The van der Waals surface area contributed by atoms with Crippen LogP contribution in [0.1, 0.15) is 26.3 Å². The number of nitrogens with zero attached hydrogens (tertiary/aromatic N) is 2. The van der Waals surface area contributed by atoms with E-state index < -0.39 is 11.6 Å². The summed E-state index contributed by atoms with van der Waals surface area (Å²) in [5.74, 6) is 0. The Morgan fingerprint density at radius 1 is 1.17 bits per heavy atom. The molecule has 24 heavy (non-hydrogen) atoms. The van der Waals surface area contributed by atoms with E-state index in [0.29, 0.717) is 18.8 Å². The predicted octanol–water partition coefficient (Wildman–Crippen LogP) is 2.54. The topological polar surface area (TPSA) is 87.9 Å². The van der Waals surface area contributed by atoms with Crippen molar-refractivity contribution in [2.45, 2.75) is 33.3 Å². The van der Waals surface area contributed by atoms with Crippen molar-refractivity contribution in [2.75, 3.05) is 36.4 Å². The lowest BCUT2D eigenvalue weighted by Gasteiger charge is -2.37. The predicted molar refractivity (Wildman–Crippen MR) is 94.4 cm³/mol. The molecule has 0 aromatic heterocycles. The van der Waals surface area contributed by atoms with Crippen LogP contribution in [0, 0.1) is 6.92 Å². The van der Waals surface area contributed by atoms with Gasteiger partial charge in [-0.05, 0) is 51.5 Å². The Morgan fingerprint density at radius 3 is 2.29 bits per heavy atom. The third-order valence-corrected chi connectivity index (χ3v) is 3.74. The minimum atomic E-state index is -0.576. The molecule has 7 heteroatoms. The number of hydrogen-bond donors (Lipinski definition) is 2. The van der Waals surface area contributed by atoms with Crippen molar-refractivity contribution in [1.82, 2.24) is 4.90 Å². The molecular weight excluding hydrogens is 308 g/mol. The van der Waals surface area contributed by atoms with E-state index in [1.807, 2.05) is 45.9 Å². The summed E-state index contributed by atoms with van der Waals surface area (Å²) in [4.78, 5) is 27.0. The highest BCUT2D eigenvalue weighted by molar-refractivity contribution is 5.88. The average molecular weight is 334 g/mol. The minimum absolute atomic E-state index is 0.264. The normalized spacial score (nSPS) is 15.2. The lowest BCUT2D eigenvalue weighted by Crippen LogP contribution is -2.50. The van der Waals surface area contributed by atoms with Crippen molar-refractivity contribution in [2.24, 2.45) is 5.73 Å². The van der Waals surface area contributed by atoms with Gasteiger partial charge >= 0.3 is 12.1 Å². The van der Waals surface area contributed by atoms with Gasteiger partial charge in [-0.15, -0.1) is 0 Å². The van der Waals surface area contributed by atoms with Crippen molar-refractivity contribution in [3.05, 3.63) is 23.8 Å². The molecular formula is C17H26N4O3. The molecule has 0 saturated carbocycles. The summed E-state index contributed by atoms with van der Waals surface area (Å²) in [6.07, 6.45) is -0.264. The maximum Gasteiger partial charge on any atom is 0.410 e. The first kappa shape index (κ1) is 17.9. The molecule has 0 atom stereocenters. The maximum absolute atomic E-state index is 12.1. The molecule has 1 aromatic carbocycles. The Hall–Kier alpha value is -2.44. The zero-order valence-electron chi connectivity index (χ0n) is 14.8. The molecule has 1 fully saturated rings. The number of carbonyl (C=O) groups is 2. The zero-order valence-corrected chi connectivity index (χ0v) is 14.8. The molecule has 3 N–H and O–H groups in total. The Balaban J connectivity index is 1.97. The number of urea groups is 1. The standard InChI is InChI=1S/C17H26N4O3/c1-12-11-13(19-15(18)22)5-6-14(12)20-7-9-21(10-8-20)16(23)24-17(2,3)4/h5-6,11H,7-10H2,1-4H3,(H3,18,19,22). The number of piperazine rings is 1. The van der Waals surface area contributed by atoms with Gasteiger partial charge in [-0.25, -0.2) is 9.59 Å². The van der Waals surface area contributed by atoms with Gasteiger partial charge in [0.05, 0.1) is 0 Å². The van der Waals surface area contributed by atoms with E-state index in [0.717, 1.165) is 24.3 Å². The number of benzene rings is 1. The van der Waals surface area contributed by atoms with Crippen molar-refractivity contribution in [1.29, 1.82) is 0 Å². The fraction of sp³-hybridized carbons (Fsp3) is 0.529. The molecule has 1 heterocycles. The van der Waals surface area contributed by atoms with Crippen LogP contribution in [0.25, 0.3) is 0 Å². The largest absolute Gasteiger partial charge is 0.444 e. The van der Waals surface area contributed by atoms with Crippen LogP contribution in [0.5, 0.6) is 0 Å². The van der Waals surface area contributed by atoms with Crippen LogP contribution in [-0.4, -0.2) is 48.8 Å². The van der Waals surface area contributed by atoms with Gasteiger partial charge in [0.1, 0.15) is 5.60 Å². The second-order valence-corrected chi connectivity index (χ2v) is 6.94. The van der Waals surface area contributed by atoms with E-state index in [1.54, 1.807) is 4.90 Å². The van der Waals surface area contributed by atoms with Gasteiger partial charge in [0.2, 0.25) is 0 Å². The quantitative estimate of drug-likeness (QED) is 0.870. The molecule has 1 aliphatic rings. The fourth-order valence-corrected chi connectivity index (χ4v) is 2.69. The van der Waals surface area contributed by atoms with Crippen LogP contribution in [0.3, 0.4) is 0 Å². The Kier molecular flexibility index (Phi) is 5.21. The maximum atomic E-state index is 12.1. The van der Waals surface area contributed by atoms with Crippen molar-refractivity contribution >= 4 is 23.5 Å². The highest BCUT2D eigenvalue weighted by Gasteiger charge is 2.26. The summed E-state index contributed by atoms with van der Waals surface area (Å²) in [7, 11) is 0. The van der Waals surface area contributed by atoms with Crippen molar-refractivity contribution < 1.29 is 14.3 Å². The number of carbonyl (C=O) groups excluding carboxylic acids is 2. The highest BCUT2D eigenvalue weighted by Crippen LogP contribution is 2.25. The van der Waals surface area contributed by atoms with E-state index in [4.69, 9.17) is 10.5 Å². The highest BCUT2D eigenvalue weighted by atomic mass is 16.6. The van der Waals surface area contributed by atoms with Gasteiger partial charge in [-0.1, -0.05) is 0 Å². The van der Waals surface area contributed by atoms with E-state index >= 15 is 0 Å². The molecule has 7 nitrogen and oxygen atoms in total. The summed E-state index contributed by atoms with van der Waals surface area (Å²) in [6, 6.07) is 5.10. The van der Waals surface area contributed by atoms with E-state index in [9.17, 15) is 9.59 Å². The van der Waals surface area contributed by atoms with Crippen LogP contribution in [0.15, 0.2) is 18.2 Å². The average Bonchev–Trinajstić information content (AvgIpc) is 2.45. The van der Waals surface area contributed by atoms with E-state index in [2.05, 4.69) is 10.2 Å². The summed E-state index contributed by atoms with van der Waals surface area (Å²) < 4.78 is 5.41. The first-order chi connectivity index (χ1) is 11.2. The van der Waals surface area contributed by atoms with E-state index in [1.165, 1.54) is 0 Å². The van der Waals surface area contributed by atoms with E-state index in [-0.39, 0.29) is 6.09 Å². The second kappa shape index (κ2) is 6.98. The molecule has 1 aliphatic heterocycles. The molecule has 0 radical (unpaired) electrons. The Bertz CT molecular complexity index is 617. The summed E-state index contributed by atoms with van der Waals surface area (Å²) in [5.41, 5.74) is 7.47. The number of aryl methyl sites for hydroxylation is 1. The van der Waals surface area contributed by atoms with Gasteiger partial charge in [0, 0.05) is 37.6 Å². The van der Waals surface area contributed by atoms with Gasteiger partial charge in [0.25, 0.3) is 0 Å². The number of primary amides is 1. The molecule has 3 amide bonds. The lowest BCUT2D eigenvalue weighted by atomic mass is 10.1. The molecule has 2 rings (SSSR count). The number of hydrogen-bond acceptors (Lipinski definition) is 4. The van der Waals surface area contributed by atoms with Gasteiger partial charge in [-0.3, -0.25) is 0 Å². The van der Waals surface area contributed by atoms with Crippen LogP contribution in [0.4, 0.5) is 21.0 Å². The summed E-state index contributed by atoms with van der Waals surface area (Å²) in [5, 5.41) is 2.57. The van der Waals surface area contributed by atoms with Crippen LogP contribution >= 0.6 is 0 Å². The zero-order chi connectivity index (χ0) is 17.9. The fourth-order valence-electron chi connectivity index (χ4n) is 2.69. The molecule has 0 bridgehead atoms. The summed E-state index contributed by atoms with van der Waals surface area (Å²) in [6.45, 7) is 10.3. The Labute approximate surface area is 142 Å². The molecule has 0 unspecified atom stereocenters. The number of nitrogens with two attached hydrogens (primary N) is 1. The number of rotatable bonds is 2. The molecule has 1 saturated heterocycles. The smallest absolute Gasteiger partial charge is 0.410 e. The van der Waals surface area contributed by atoms with Gasteiger partial charge in [0.15, 0.2) is 0 Å².